The van der Waals surface area contributed by atoms with Crippen LogP contribution in [0.5, 0.6) is 0 Å². The maximum absolute atomic E-state index is 12.9. The first kappa shape index (κ1) is 8.31. The third kappa shape index (κ3) is 2.07. The number of rotatable bonds is 2. The molecule has 56 valence electrons. The lowest BCUT2D eigenvalue weighted by Gasteiger charge is -2.00. The van der Waals surface area contributed by atoms with Gasteiger partial charge in [0.15, 0.2) is 0 Å². The molecule has 0 saturated carbocycles. The average Bonchev–Trinajstić information content (AvgIpc) is 1.98. The maximum Gasteiger partial charge on any atom is 0.126 e. The Hall–Kier alpha value is -0.785. The van der Waals surface area contributed by atoms with E-state index in [2.05, 4.69) is 0 Å². The van der Waals surface area contributed by atoms with Crippen molar-refractivity contribution in [3.63, 3.8) is 0 Å². The Morgan fingerprint density at radius 1 is 1.45 bits per heavy atom. The van der Waals surface area contributed by atoms with Gasteiger partial charge in [-0.05, 0) is 30.5 Å². The third-order valence-corrected chi connectivity index (χ3v) is 1.67. The lowest BCUT2D eigenvalue weighted by Crippen LogP contribution is -1.88. The minimum atomic E-state index is -0.143. The van der Waals surface area contributed by atoms with Crippen LogP contribution < -0.4 is 0 Å². The van der Waals surface area contributed by atoms with Crippen LogP contribution >= 0.6 is 0 Å². The second kappa shape index (κ2) is 3.56. The highest BCUT2D eigenvalue weighted by Crippen LogP contribution is 2.10. The average molecular weight is 148 g/mol. The van der Waals surface area contributed by atoms with Crippen LogP contribution in [0.4, 0.5) is 4.39 Å². The zero-order valence-corrected chi connectivity index (χ0v) is 6.60. The maximum atomic E-state index is 12.9. The molecule has 0 bridgehead atoms. The van der Waals surface area contributed by atoms with Crippen LogP contribution in [0.1, 0.15) is 11.1 Å². The molecule has 0 aliphatic heterocycles. The van der Waals surface area contributed by atoms with E-state index in [1.54, 1.807) is 19.1 Å². The minimum Gasteiger partial charge on any atom is -0.207 e. The number of aryl methyl sites for hydroxylation is 2. The van der Waals surface area contributed by atoms with Gasteiger partial charge in [0.1, 0.15) is 5.82 Å². The third-order valence-electron chi connectivity index (χ3n) is 1.67. The molecule has 1 aromatic carbocycles. The van der Waals surface area contributed by atoms with Gasteiger partial charge in [0.05, 0.1) is 7.85 Å². The molecule has 0 fully saturated rings. The normalized spacial score (nSPS) is 10.0. The van der Waals surface area contributed by atoms with Gasteiger partial charge in [-0.3, -0.25) is 0 Å². The summed E-state index contributed by atoms with van der Waals surface area (Å²) in [6.07, 6.45) is 1.32. The Bertz CT molecular complexity index is 245. The molecule has 0 N–H and O–H groups in total. The largest absolute Gasteiger partial charge is 0.207 e. The highest BCUT2D eigenvalue weighted by atomic mass is 19.1. The minimum absolute atomic E-state index is 0.143. The monoisotopic (exact) mass is 148 g/mol. The predicted molar refractivity (Wildman–Crippen MR) is 45.4 cm³/mol. The molecule has 0 aliphatic rings. The van der Waals surface area contributed by atoms with E-state index in [9.17, 15) is 4.39 Å². The van der Waals surface area contributed by atoms with E-state index in [4.69, 9.17) is 7.85 Å². The summed E-state index contributed by atoms with van der Waals surface area (Å²) in [5.74, 6) is -0.143. The fourth-order valence-electron chi connectivity index (χ4n) is 0.959. The number of hydrogen-bond acceptors (Lipinski definition) is 0. The van der Waals surface area contributed by atoms with Gasteiger partial charge in [0, 0.05) is 0 Å². The van der Waals surface area contributed by atoms with Crippen LogP contribution in [0.3, 0.4) is 0 Å². The summed E-state index contributed by atoms with van der Waals surface area (Å²) in [5, 5.41) is 0. The second-order valence-electron chi connectivity index (χ2n) is 2.62. The van der Waals surface area contributed by atoms with Gasteiger partial charge >= 0.3 is 0 Å². The van der Waals surface area contributed by atoms with Crippen molar-refractivity contribution < 1.29 is 4.39 Å². The molecule has 1 rings (SSSR count). The van der Waals surface area contributed by atoms with E-state index in [0.717, 1.165) is 12.0 Å². The smallest absolute Gasteiger partial charge is 0.126 e. The summed E-state index contributed by atoms with van der Waals surface area (Å²) in [4.78, 5) is 0. The standard InChI is InChI=1S/C9H10BF/c1-7-2-3-8(4-5-10)6-9(7)11/h2-3,6H,4-5H2,1H3. The van der Waals surface area contributed by atoms with Crippen molar-refractivity contribution in [2.24, 2.45) is 0 Å². The van der Waals surface area contributed by atoms with Gasteiger partial charge in [-0.25, -0.2) is 4.39 Å². The summed E-state index contributed by atoms with van der Waals surface area (Å²) in [5.41, 5.74) is 1.65. The quantitative estimate of drug-likeness (QED) is 0.564. The number of halogens is 1. The molecule has 0 amide bonds. The lowest BCUT2D eigenvalue weighted by atomic mass is 9.97. The fourth-order valence-corrected chi connectivity index (χ4v) is 0.959. The summed E-state index contributed by atoms with van der Waals surface area (Å²) in [7, 11) is 5.33. The molecule has 0 atom stereocenters. The van der Waals surface area contributed by atoms with Crippen molar-refractivity contribution in [2.45, 2.75) is 19.7 Å². The summed E-state index contributed by atoms with van der Waals surface area (Å²) in [6.45, 7) is 1.75. The Kier molecular flexibility index (Phi) is 2.69. The Morgan fingerprint density at radius 2 is 2.18 bits per heavy atom. The molecule has 2 radical (unpaired) electrons. The molecular weight excluding hydrogens is 138 g/mol. The molecule has 0 nitrogen and oxygen atoms in total. The van der Waals surface area contributed by atoms with Gasteiger partial charge in [-0.15, -0.1) is 0 Å². The van der Waals surface area contributed by atoms with Crippen LogP contribution in [0.15, 0.2) is 18.2 Å². The molecule has 11 heavy (non-hydrogen) atoms. The van der Waals surface area contributed by atoms with Gasteiger partial charge in [0.25, 0.3) is 0 Å². The topological polar surface area (TPSA) is 0 Å². The Labute approximate surface area is 67.8 Å². The van der Waals surface area contributed by atoms with Crippen LogP contribution in [0.25, 0.3) is 0 Å². The molecule has 0 aromatic heterocycles. The van der Waals surface area contributed by atoms with Crippen LogP contribution in [0.2, 0.25) is 6.32 Å². The van der Waals surface area contributed by atoms with Crippen LogP contribution in [-0.2, 0) is 6.42 Å². The van der Waals surface area contributed by atoms with Crippen molar-refractivity contribution in [1.82, 2.24) is 0 Å². The first-order valence-electron chi connectivity index (χ1n) is 3.69. The molecule has 0 spiro atoms. The summed E-state index contributed by atoms with van der Waals surface area (Å²) < 4.78 is 12.9. The number of benzene rings is 1. The zero-order chi connectivity index (χ0) is 8.27. The predicted octanol–water partition coefficient (Wildman–Crippen LogP) is 2.26. The molecule has 0 saturated heterocycles. The van der Waals surface area contributed by atoms with Crippen molar-refractivity contribution in [2.75, 3.05) is 0 Å². The van der Waals surface area contributed by atoms with Crippen LogP contribution in [0, 0.1) is 12.7 Å². The molecule has 0 unspecified atom stereocenters. The van der Waals surface area contributed by atoms with Crippen molar-refractivity contribution in [3.8, 4) is 0 Å². The highest BCUT2D eigenvalue weighted by molar-refractivity contribution is 6.08. The van der Waals surface area contributed by atoms with Crippen molar-refractivity contribution in [1.29, 1.82) is 0 Å². The lowest BCUT2D eigenvalue weighted by molar-refractivity contribution is 0.616. The van der Waals surface area contributed by atoms with Gasteiger partial charge in [-0.2, -0.15) is 0 Å². The van der Waals surface area contributed by atoms with E-state index in [1.165, 1.54) is 0 Å². The van der Waals surface area contributed by atoms with E-state index in [1.807, 2.05) is 6.07 Å². The van der Waals surface area contributed by atoms with Crippen molar-refractivity contribution >= 4 is 7.85 Å². The summed E-state index contributed by atoms with van der Waals surface area (Å²) >= 11 is 0. The molecule has 2 heteroatoms. The van der Waals surface area contributed by atoms with Gasteiger partial charge in [-0.1, -0.05) is 18.5 Å². The number of hydrogen-bond donors (Lipinski definition) is 0. The molecule has 0 aliphatic carbocycles. The molecular formula is C9H10BF. The van der Waals surface area contributed by atoms with Gasteiger partial charge < -0.3 is 0 Å². The Morgan fingerprint density at radius 3 is 2.73 bits per heavy atom. The van der Waals surface area contributed by atoms with E-state index in [0.29, 0.717) is 11.9 Å². The van der Waals surface area contributed by atoms with E-state index >= 15 is 0 Å². The Balaban J connectivity index is 2.86. The first-order valence-corrected chi connectivity index (χ1v) is 3.69. The second-order valence-corrected chi connectivity index (χ2v) is 2.62. The fraction of sp³-hybridized carbons (Fsp3) is 0.333. The SMILES string of the molecule is [B]CCc1ccc(C)c(F)c1. The molecule has 1 aromatic rings. The first-order chi connectivity index (χ1) is 5.24. The van der Waals surface area contributed by atoms with Crippen molar-refractivity contribution in [3.05, 3.63) is 35.1 Å². The summed E-state index contributed by atoms with van der Waals surface area (Å²) in [6, 6.07) is 5.23. The van der Waals surface area contributed by atoms with Gasteiger partial charge in [0.2, 0.25) is 0 Å². The molecule has 0 heterocycles. The van der Waals surface area contributed by atoms with Crippen LogP contribution in [-0.4, -0.2) is 7.85 Å². The van der Waals surface area contributed by atoms with E-state index < -0.39 is 0 Å². The van der Waals surface area contributed by atoms with E-state index in [-0.39, 0.29) is 5.82 Å². The highest BCUT2D eigenvalue weighted by Gasteiger charge is 1.97. The zero-order valence-electron chi connectivity index (χ0n) is 6.60.